The molecule has 1 saturated heterocycles. The Morgan fingerprint density at radius 3 is 3.12 bits per heavy atom. The molecule has 6 heteroatoms. The number of morpholine rings is 1. The molecule has 17 heavy (non-hydrogen) atoms. The lowest BCUT2D eigenvalue weighted by molar-refractivity contribution is -0.0578. The monoisotopic (exact) mass is 239 g/mol. The minimum atomic E-state index is 0.143. The summed E-state index contributed by atoms with van der Waals surface area (Å²) in [6.45, 7) is 8.09. The van der Waals surface area contributed by atoms with Crippen molar-refractivity contribution in [1.29, 1.82) is 0 Å². The van der Waals surface area contributed by atoms with E-state index < -0.39 is 0 Å². The van der Waals surface area contributed by atoms with Gasteiger partial charge in [0.15, 0.2) is 0 Å². The van der Waals surface area contributed by atoms with Crippen molar-refractivity contribution in [2.24, 2.45) is 5.73 Å². The zero-order valence-electron chi connectivity index (χ0n) is 10.5. The second kappa shape index (κ2) is 5.57. The third-order valence-electron chi connectivity index (χ3n) is 3.24. The summed E-state index contributed by atoms with van der Waals surface area (Å²) in [5, 5.41) is 4.19. The molecule has 1 aromatic heterocycles. The smallest absolute Gasteiger partial charge is 0.141 e. The Hall–Kier alpha value is -0.980. The lowest BCUT2D eigenvalue weighted by Crippen LogP contribution is -2.50. The van der Waals surface area contributed by atoms with Gasteiger partial charge < -0.3 is 10.5 Å². The Morgan fingerprint density at radius 2 is 2.41 bits per heavy atom. The Kier molecular flexibility index (Phi) is 4.09. The standard InChI is InChI=1S/C11H21N5O/c1-3-16-11(13-8-14-16)6-15-5-10(4-12)17-7-9(15)2/h8-10H,3-7,12H2,1-2H3. The highest BCUT2D eigenvalue weighted by Gasteiger charge is 2.26. The highest BCUT2D eigenvalue weighted by molar-refractivity contribution is 4.88. The Balaban J connectivity index is 2.01. The highest BCUT2D eigenvalue weighted by atomic mass is 16.5. The predicted octanol–water partition coefficient (Wildman–Crippen LogP) is -0.154. The number of aryl methyl sites for hydroxylation is 1. The fraction of sp³-hybridized carbons (Fsp3) is 0.818. The van der Waals surface area contributed by atoms with Crippen LogP contribution in [0.4, 0.5) is 0 Å². The van der Waals surface area contributed by atoms with Crippen LogP contribution in [0.15, 0.2) is 6.33 Å². The average molecular weight is 239 g/mol. The molecule has 2 rings (SSSR count). The van der Waals surface area contributed by atoms with Crippen LogP contribution < -0.4 is 5.73 Å². The fourth-order valence-electron chi connectivity index (χ4n) is 2.09. The zero-order chi connectivity index (χ0) is 12.3. The van der Waals surface area contributed by atoms with Gasteiger partial charge in [-0.3, -0.25) is 4.90 Å². The molecular weight excluding hydrogens is 218 g/mol. The Morgan fingerprint density at radius 1 is 1.59 bits per heavy atom. The molecule has 0 radical (unpaired) electrons. The summed E-state index contributed by atoms with van der Waals surface area (Å²) in [7, 11) is 0. The van der Waals surface area contributed by atoms with Gasteiger partial charge in [0, 0.05) is 25.7 Å². The topological polar surface area (TPSA) is 69.2 Å². The van der Waals surface area contributed by atoms with E-state index in [4.69, 9.17) is 10.5 Å². The van der Waals surface area contributed by atoms with Gasteiger partial charge in [0.1, 0.15) is 12.2 Å². The van der Waals surface area contributed by atoms with Gasteiger partial charge in [-0.25, -0.2) is 9.67 Å². The summed E-state index contributed by atoms with van der Waals surface area (Å²) in [6, 6.07) is 0.403. The van der Waals surface area contributed by atoms with Crippen molar-refractivity contribution >= 4 is 0 Å². The number of nitrogens with two attached hydrogens (primary N) is 1. The van der Waals surface area contributed by atoms with Gasteiger partial charge in [0.05, 0.1) is 19.3 Å². The second-order valence-electron chi connectivity index (χ2n) is 4.46. The Bertz CT molecular complexity index is 353. The quantitative estimate of drug-likeness (QED) is 0.791. The molecule has 2 heterocycles. The second-order valence-corrected chi connectivity index (χ2v) is 4.46. The van der Waals surface area contributed by atoms with Crippen LogP contribution >= 0.6 is 0 Å². The van der Waals surface area contributed by atoms with E-state index in [9.17, 15) is 0 Å². The number of hydrogen-bond donors (Lipinski definition) is 1. The van der Waals surface area contributed by atoms with Gasteiger partial charge in [0.25, 0.3) is 0 Å². The van der Waals surface area contributed by atoms with Crippen molar-refractivity contribution < 1.29 is 4.74 Å². The summed E-state index contributed by atoms with van der Waals surface area (Å²) >= 11 is 0. The molecule has 1 aromatic rings. The maximum absolute atomic E-state index is 5.66. The molecular formula is C11H21N5O. The predicted molar refractivity (Wildman–Crippen MR) is 64.4 cm³/mol. The normalized spacial score (nSPS) is 26.3. The van der Waals surface area contributed by atoms with Gasteiger partial charge in [0.2, 0.25) is 0 Å². The molecule has 6 nitrogen and oxygen atoms in total. The van der Waals surface area contributed by atoms with E-state index in [-0.39, 0.29) is 6.10 Å². The van der Waals surface area contributed by atoms with E-state index in [0.717, 1.165) is 32.1 Å². The van der Waals surface area contributed by atoms with Crippen LogP contribution in [0, 0.1) is 0 Å². The minimum Gasteiger partial charge on any atom is -0.374 e. The van der Waals surface area contributed by atoms with Crippen molar-refractivity contribution in [2.45, 2.75) is 39.1 Å². The van der Waals surface area contributed by atoms with Gasteiger partial charge in [-0.2, -0.15) is 5.10 Å². The first kappa shape index (κ1) is 12.5. The summed E-state index contributed by atoms with van der Waals surface area (Å²) in [6.07, 6.45) is 1.76. The molecule has 2 atom stereocenters. The van der Waals surface area contributed by atoms with Crippen LogP contribution in [0.25, 0.3) is 0 Å². The Labute approximate surface area is 102 Å². The van der Waals surface area contributed by atoms with Gasteiger partial charge >= 0.3 is 0 Å². The fourth-order valence-corrected chi connectivity index (χ4v) is 2.09. The summed E-state index contributed by atoms with van der Waals surface area (Å²) in [5.41, 5.74) is 5.66. The van der Waals surface area contributed by atoms with Crippen LogP contribution in [0.5, 0.6) is 0 Å². The summed E-state index contributed by atoms with van der Waals surface area (Å²) in [5.74, 6) is 1.01. The molecule has 2 unspecified atom stereocenters. The first-order valence-corrected chi connectivity index (χ1v) is 6.17. The largest absolute Gasteiger partial charge is 0.374 e. The van der Waals surface area contributed by atoms with Crippen LogP contribution in [-0.4, -0.2) is 51.5 Å². The lowest BCUT2D eigenvalue weighted by atomic mass is 10.2. The number of nitrogens with zero attached hydrogens (tertiary/aromatic N) is 4. The maximum atomic E-state index is 5.66. The molecule has 1 aliphatic rings. The van der Waals surface area contributed by atoms with Gasteiger partial charge in [-0.05, 0) is 13.8 Å². The molecule has 1 fully saturated rings. The number of hydrogen-bond acceptors (Lipinski definition) is 5. The van der Waals surface area contributed by atoms with E-state index >= 15 is 0 Å². The number of ether oxygens (including phenoxy) is 1. The van der Waals surface area contributed by atoms with E-state index in [1.165, 1.54) is 0 Å². The molecule has 0 aromatic carbocycles. The van der Waals surface area contributed by atoms with Crippen LogP contribution in [0.1, 0.15) is 19.7 Å². The molecule has 0 bridgehead atoms. The van der Waals surface area contributed by atoms with E-state index in [0.29, 0.717) is 12.6 Å². The summed E-state index contributed by atoms with van der Waals surface area (Å²) in [4.78, 5) is 6.66. The third-order valence-corrected chi connectivity index (χ3v) is 3.24. The molecule has 0 saturated carbocycles. The van der Waals surface area contributed by atoms with Crippen molar-refractivity contribution in [3.8, 4) is 0 Å². The van der Waals surface area contributed by atoms with E-state index in [1.54, 1.807) is 6.33 Å². The van der Waals surface area contributed by atoms with Gasteiger partial charge in [-0.15, -0.1) is 0 Å². The van der Waals surface area contributed by atoms with Crippen molar-refractivity contribution in [1.82, 2.24) is 19.7 Å². The first-order chi connectivity index (χ1) is 8.24. The minimum absolute atomic E-state index is 0.143. The van der Waals surface area contributed by atoms with Crippen molar-refractivity contribution in [3.05, 3.63) is 12.2 Å². The van der Waals surface area contributed by atoms with Crippen molar-refractivity contribution in [2.75, 3.05) is 19.7 Å². The molecule has 0 aliphatic carbocycles. The highest BCUT2D eigenvalue weighted by Crippen LogP contribution is 2.13. The molecule has 0 spiro atoms. The van der Waals surface area contributed by atoms with E-state index in [1.807, 2.05) is 4.68 Å². The molecule has 1 aliphatic heterocycles. The average Bonchev–Trinajstić information content (AvgIpc) is 2.79. The third kappa shape index (κ3) is 2.83. The molecule has 96 valence electrons. The van der Waals surface area contributed by atoms with Crippen LogP contribution in [0.2, 0.25) is 0 Å². The molecule has 2 N–H and O–H groups in total. The van der Waals surface area contributed by atoms with Crippen LogP contribution in [-0.2, 0) is 17.8 Å². The van der Waals surface area contributed by atoms with Gasteiger partial charge in [-0.1, -0.05) is 0 Å². The van der Waals surface area contributed by atoms with E-state index in [2.05, 4.69) is 28.8 Å². The maximum Gasteiger partial charge on any atom is 0.141 e. The number of aromatic nitrogens is 3. The summed E-state index contributed by atoms with van der Waals surface area (Å²) < 4.78 is 7.57. The SMILES string of the molecule is CCn1ncnc1CN1CC(CN)OCC1C. The van der Waals surface area contributed by atoms with Crippen LogP contribution in [0.3, 0.4) is 0 Å². The lowest BCUT2D eigenvalue weighted by Gasteiger charge is -2.37. The first-order valence-electron chi connectivity index (χ1n) is 6.17. The van der Waals surface area contributed by atoms with Crippen molar-refractivity contribution in [3.63, 3.8) is 0 Å². The number of rotatable bonds is 4. The molecule has 0 amide bonds. The zero-order valence-corrected chi connectivity index (χ0v) is 10.5.